The van der Waals surface area contributed by atoms with E-state index in [-0.39, 0.29) is 12.4 Å². The second kappa shape index (κ2) is 5.46. The van der Waals surface area contributed by atoms with Crippen LogP contribution in [0.1, 0.15) is 12.5 Å². The van der Waals surface area contributed by atoms with E-state index in [2.05, 4.69) is 4.74 Å². The summed E-state index contributed by atoms with van der Waals surface area (Å²) in [5.41, 5.74) is 0.424. The van der Waals surface area contributed by atoms with E-state index in [1.54, 1.807) is 25.1 Å². The average molecular weight is 212 g/mol. The third-order valence-corrected chi connectivity index (χ3v) is 1.98. The summed E-state index contributed by atoms with van der Waals surface area (Å²) in [6.07, 6.45) is -0.686. The lowest BCUT2D eigenvalue weighted by Gasteiger charge is -2.10. The van der Waals surface area contributed by atoms with Crippen molar-refractivity contribution in [1.29, 1.82) is 0 Å². The highest BCUT2D eigenvalue weighted by Crippen LogP contribution is 2.09. The normalized spacial score (nSPS) is 12.2. The predicted octanol–water partition coefficient (Wildman–Crippen LogP) is 1.90. The third kappa shape index (κ3) is 3.32. The lowest BCUT2D eigenvalue weighted by atomic mass is 10.2. The highest BCUT2D eigenvalue weighted by molar-refractivity contribution is 5.73. The van der Waals surface area contributed by atoms with Crippen LogP contribution in [0, 0.1) is 5.82 Å². The number of carbonyl (C=O) groups is 1. The van der Waals surface area contributed by atoms with Crippen LogP contribution in [-0.4, -0.2) is 19.2 Å². The number of rotatable bonds is 4. The van der Waals surface area contributed by atoms with Gasteiger partial charge in [0.25, 0.3) is 0 Å². The Morgan fingerprint density at radius 3 is 2.73 bits per heavy atom. The summed E-state index contributed by atoms with van der Waals surface area (Å²) in [5, 5.41) is 0. The fourth-order valence-corrected chi connectivity index (χ4v) is 1.06. The largest absolute Gasteiger partial charge is 0.467 e. The molecule has 1 aromatic carbocycles. The molecule has 1 atom stereocenters. The molecule has 0 aliphatic heterocycles. The first-order valence-electron chi connectivity index (χ1n) is 4.58. The molecule has 0 aromatic heterocycles. The van der Waals surface area contributed by atoms with Gasteiger partial charge in [0.2, 0.25) is 0 Å². The van der Waals surface area contributed by atoms with E-state index in [0.717, 1.165) is 0 Å². The van der Waals surface area contributed by atoms with Gasteiger partial charge in [0.1, 0.15) is 5.82 Å². The lowest BCUT2D eigenvalue weighted by molar-refractivity contribution is -0.153. The van der Waals surface area contributed by atoms with Crippen LogP contribution in [-0.2, 0) is 20.9 Å². The van der Waals surface area contributed by atoms with Crippen molar-refractivity contribution in [2.75, 3.05) is 7.11 Å². The van der Waals surface area contributed by atoms with Gasteiger partial charge in [0.15, 0.2) is 6.10 Å². The second-order valence-electron chi connectivity index (χ2n) is 3.07. The molecular formula is C11H13FO3. The number of esters is 1. The summed E-state index contributed by atoms with van der Waals surface area (Å²) in [6.45, 7) is 1.62. The van der Waals surface area contributed by atoms with Crippen LogP contribution in [0.4, 0.5) is 4.39 Å². The summed E-state index contributed by atoms with van der Waals surface area (Å²) >= 11 is 0. The standard InChI is InChI=1S/C11H13FO3/c1-8(11(13)14-2)15-7-9-5-3-4-6-10(9)12/h3-6,8H,7H2,1-2H3/t8-/m0/s1. The second-order valence-corrected chi connectivity index (χ2v) is 3.07. The van der Waals surface area contributed by atoms with Crippen LogP contribution in [0.5, 0.6) is 0 Å². The van der Waals surface area contributed by atoms with Crippen LogP contribution in [0.25, 0.3) is 0 Å². The van der Waals surface area contributed by atoms with E-state index in [4.69, 9.17) is 4.74 Å². The molecule has 0 fully saturated rings. The minimum absolute atomic E-state index is 0.0585. The van der Waals surface area contributed by atoms with E-state index in [1.807, 2.05) is 0 Å². The molecule has 0 unspecified atom stereocenters. The van der Waals surface area contributed by atoms with E-state index in [1.165, 1.54) is 13.2 Å². The Morgan fingerprint density at radius 1 is 1.47 bits per heavy atom. The highest BCUT2D eigenvalue weighted by atomic mass is 19.1. The summed E-state index contributed by atoms with van der Waals surface area (Å²) in [4.78, 5) is 11.0. The Morgan fingerprint density at radius 2 is 2.13 bits per heavy atom. The van der Waals surface area contributed by atoms with Crippen LogP contribution >= 0.6 is 0 Å². The minimum Gasteiger partial charge on any atom is -0.467 e. The minimum atomic E-state index is -0.686. The van der Waals surface area contributed by atoms with Crippen LogP contribution in [0.3, 0.4) is 0 Å². The first-order valence-corrected chi connectivity index (χ1v) is 4.58. The summed E-state index contributed by atoms with van der Waals surface area (Å²) < 4.78 is 22.7. The van der Waals surface area contributed by atoms with Gasteiger partial charge >= 0.3 is 5.97 Å². The first kappa shape index (κ1) is 11.7. The van der Waals surface area contributed by atoms with E-state index in [0.29, 0.717) is 5.56 Å². The van der Waals surface area contributed by atoms with Gasteiger partial charge in [-0.2, -0.15) is 0 Å². The van der Waals surface area contributed by atoms with E-state index < -0.39 is 12.1 Å². The molecule has 0 radical (unpaired) electrons. The molecule has 82 valence electrons. The molecule has 1 rings (SSSR count). The third-order valence-electron chi connectivity index (χ3n) is 1.98. The van der Waals surface area contributed by atoms with Crippen molar-refractivity contribution >= 4 is 5.97 Å². The molecule has 0 aliphatic carbocycles. The summed E-state index contributed by atoms with van der Waals surface area (Å²) in [5.74, 6) is -0.805. The molecule has 1 aromatic rings. The van der Waals surface area contributed by atoms with Gasteiger partial charge < -0.3 is 9.47 Å². The lowest BCUT2D eigenvalue weighted by Crippen LogP contribution is -2.22. The van der Waals surface area contributed by atoms with Crippen molar-refractivity contribution < 1.29 is 18.7 Å². The zero-order valence-corrected chi connectivity index (χ0v) is 8.70. The highest BCUT2D eigenvalue weighted by Gasteiger charge is 2.13. The summed E-state index contributed by atoms with van der Waals surface area (Å²) in [6, 6.07) is 6.27. The van der Waals surface area contributed by atoms with E-state index in [9.17, 15) is 9.18 Å². The smallest absolute Gasteiger partial charge is 0.334 e. The molecule has 4 heteroatoms. The monoisotopic (exact) mass is 212 g/mol. The maximum absolute atomic E-state index is 13.1. The SMILES string of the molecule is COC(=O)[C@H](C)OCc1ccccc1F. The van der Waals surface area contributed by atoms with Gasteiger partial charge in [-0.05, 0) is 13.0 Å². The van der Waals surface area contributed by atoms with Crippen molar-refractivity contribution in [3.63, 3.8) is 0 Å². The quantitative estimate of drug-likeness (QED) is 0.715. The molecule has 0 aliphatic rings. The fourth-order valence-electron chi connectivity index (χ4n) is 1.06. The Kier molecular flexibility index (Phi) is 4.24. The van der Waals surface area contributed by atoms with Gasteiger partial charge in [0.05, 0.1) is 13.7 Å². The zero-order chi connectivity index (χ0) is 11.3. The fraction of sp³-hybridized carbons (Fsp3) is 0.364. The van der Waals surface area contributed by atoms with Gasteiger partial charge in [0, 0.05) is 5.56 Å². The molecule has 0 amide bonds. The van der Waals surface area contributed by atoms with Crippen molar-refractivity contribution in [3.8, 4) is 0 Å². The van der Waals surface area contributed by atoms with Gasteiger partial charge in [-0.25, -0.2) is 9.18 Å². The van der Waals surface area contributed by atoms with E-state index >= 15 is 0 Å². The molecule has 0 bridgehead atoms. The van der Waals surface area contributed by atoms with Gasteiger partial charge in [-0.1, -0.05) is 18.2 Å². The number of ether oxygens (including phenoxy) is 2. The number of hydrogen-bond donors (Lipinski definition) is 0. The molecule has 0 N–H and O–H groups in total. The van der Waals surface area contributed by atoms with Crippen molar-refractivity contribution in [3.05, 3.63) is 35.6 Å². The Hall–Kier alpha value is -1.42. The molecule has 0 saturated carbocycles. The van der Waals surface area contributed by atoms with Gasteiger partial charge in [-0.15, -0.1) is 0 Å². The molecule has 0 spiro atoms. The topological polar surface area (TPSA) is 35.5 Å². The van der Waals surface area contributed by atoms with Crippen LogP contribution in [0.15, 0.2) is 24.3 Å². The molecule has 15 heavy (non-hydrogen) atoms. The Labute approximate surface area is 87.8 Å². The molecule has 0 saturated heterocycles. The number of carbonyl (C=O) groups excluding carboxylic acids is 1. The van der Waals surface area contributed by atoms with Crippen molar-refractivity contribution in [1.82, 2.24) is 0 Å². The maximum atomic E-state index is 13.1. The maximum Gasteiger partial charge on any atom is 0.334 e. The van der Waals surface area contributed by atoms with Gasteiger partial charge in [-0.3, -0.25) is 0 Å². The number of halogens is 1. The Bertz CT molecular complexity index is 338. The van der Waals surface area contributed by atoms with Crippen molar-refractivity contribution in [2.24, 2.45) is 0 Å². The Balaban J connectivity index is 2.50. The predicted molar refractivity (Wildman–Crippen MR) is 52.7 cm³/mol. The first-order chi connectivity index (χ1) is 7.15. The molecule has 3 nitrogen and oxygen atoms in total. The average Bonchev–Trinajstić information content (AvgIpc) is 2.26. The zero-order valence-electron chi connectivity index (χ0n) is 8.70. The van der Waals surface area contributed by atoms with Crippen molar-refractivity contribution in [2.45, 2.75) is 19.6 Å². The number of benzene rings is 1. The molecular weight excluding hydrogens is 199 g/mol. The summed E-state index contributed by atoms with van der Waals surface area (Å²) in [7, 11) is 1.28. The molecule has 0 heterocycles. The van der Waals surface area contributed by atoms with Crippen LogP contribution < -0.4 is 0 Å². The van der Waals surface area contributed by atoms with Crippen LogP contribution in [0.2, 0.25) is 0 Å². The number of methoxy groups -OCH3 is 1. The number of hydrogen-bond acceptors (Lipinski definition) is 3.